The molecule has 0 aliphatic rings. The molecule has 2 N–H and O–H groups in total. The Bertz CT molecular complexity index is 613. The van der Waals surface area contributed by atoms with Gasteiger partial charge in [0.15, 0.2) is 0 Å². The molecule has 2 aromatic rings. The van der Waals surface area contributed by atoms with Crippen LogP contribution in [0.4, 0.5) is 4.79 Å². The summed E-state index contributed by atoms with van der Waals surface area (Å²) in [5.74, 6) is 0. The topological polar surface area (TPSA) is 58.6 Å². The number of ether oxygens (including phenoxy) is 1. The van der Waals surface area contributed by atoms with Crippen LogP contribution in [0.5, 0.6) is 0 Å². The third-order valence-electron chi connectivity index (χ3n) is 3.52. The molecule has 2 aromatic carbocycles. The first-order valence-electron chi connectivity index (χ1n) is 7.30. The number of hydrogen-bond acceptors (Lipinski definition) is 3. The highest BCUT2D eigenvalue weighted by Gasteiger charge is 2.21. The molecule has 0 fully saturated rings. The number of hydrogen-bond donors (Lipinski definition) is 2. The monoisotopic (exact) mass is 299 g/mol. The molecule has 0 radical (unpaired) electrons. The summed E-state index contributed by atoms with van der Waals surface area (Å²) in [6.45, 7) is 3.99. The zero-order chi connectivity index (χ0) is 15.9. The molecule has 4 nitrogen and oxygen atoms in total. The lowest BCUT2D eigenvalue weighted by molar-refractivity contribution is 0.0114. The average Bonchev–Trinajstić information content (AvgIpc) is 2.53. The number of amides is 1. The van der Waals surface area contributed by atoms with Gasteiger partial charge >= 0.3 is 6.09 Å². The highest BCUT2D eigenvalue weighted by Crippen LogP contribution is 2.22. The van der Waals surface area contributed by atoms with E-state index in [2.05, 4.69) is 5.32 Å². The molecule has 0 aliphatic carbocycles. The van der Waals surface area contributed by atoms with Crippen LogP contribution in [-0.2, 0) is 11.3 Å². The van der Waals surface area contributed by atoms with Crippen molar-refractivity contribution < 1.29 is 14.6 Å². The molecule has 2 atom stereocenters. The van der Waals surface area contributed by atoms with Crippen molar-refractivity contribution in [2.24, 2.45) is 0 Å². The van der Waals surface area contributed by atoms with Crippen molar-refractivity contribution in [1.29, 1.82) is 0 Å². The normalized spacial score (nSPS) is 13.2. The highest BCUT2D eigenvalue weighted by molar-refractivity contribution is 5.67. The second-order valence-corrected chi connectivity index (χ2v) is 5.25. The summed E-state index contributed by atoms with van der Waals surface area (Å²) < 4.78 is 5.24. The minimum absolute atomic E-state index is 0.396. The second kappa shape index (κ2) is 7.61. The van der Waals surface area contributed by atoms with Gasteiger partial charge in [0, 0.05) is 6.54 Å². The van der Waals surface area contributed by atoms with Gasteiger partial charge in [0.05, 0.1) is 0 Å². The number of rotatable bonds is 5. The van der Waals surface area contributed by atoms with Crippen LogP contribution in [0.2, 0.25) is 0 Å². The first-order chi connectivity index (χ1) is 10.6. The molecular formula is C18H21NO3. The number of carbonyl (C=O) groups excluding carboxylic acids is 1. The Morgan fingerprint density at radius 1 is 1.14 bits per heavy atom. The van der Waals surface area contributed by atoms with E-state index in [0.717, 1.165) is 16.7 Å². The van der Waals surface area contributed by atoms with Gasteiger partial charge in [0.2, 0.25) is 0 Å². The summed E-state index contributed by atoms with van der Waals surface area (Å²) in [6.07, 6.45) is -2.01. The number of aliphatic hydroxyl groups is 1. The van der Waals surface area contributed by atoms with Crippen LogP contribution >= 0.6 is 0 Å². The predicted octanol–water partition coefficient (Wildman–Crippen LogP) is 3.34. The van der Waals surface area contributed by atoms with Gasteiger partial charge in [-0.2, -0.15) is 0 Å². The molecule has 0 saturated carbocycles. The summed E-state index contributed by atoms with van der Waals surface area (Å²) in [5, 5.41) is 13.0. The zero-order valence-electron chi connectivity index (χ0n) is 12.8. The lowest BCUT2D eigenvalue weighted by Gasteiger charge is -2.21. The van der Waals surface area contributed by atoms with Crippen molar-refractivity contribution in [3.8, 4) is 0 Å². The molecule has 0 saturated heterocycles. The van der Waals surface area contributed by atoms with Crippen LogP contribution in [0.1, 0.15) is 29.7 Å². The summed E-state index contributed by atoms with van der Waals surface area (Å²) in [4.78, 5) is 11.8. The van der Waals surface area contributed by atoms with E-state index >= 15 is 0 Å². The lowest BCUT2D eigenvalue weighted by Crippen LogP contribution is -2.30. The first kappa shape index (κ1) is 16.0. The van der Waals surface area contributed by atoms with Crippen molar-refractivity contribution >= 4 is 6.09 Å². The quantitative estimate of drug-likeness (QED) is 0.890. The minimum atomic E-state index is -0.844. The maximum Gasteiger partial charge on any atom is 0.407 e. The molecule has 0 spiro atoms. The third-order valence-corrected chi connectivity index (χ3v) is 3.52. The molecule has 0 bridgehead atoms. The van der Waals surface area contributed by atoms with Gasteiger partial charge in [-0.3, -0.25) is 0 Å². The van der Waals surface area contributed by atoms with Crippen molar-refractivity contribution in [1.82, 2.24) is 5.32 Å². The van der Waals surface area contributed by atoms with Crippen LogP contribution in [0.25, 0.3) is 0 Å². The van der Waals surface area contributed by atoms with Gasteiger partial charge < -0.3 is 15.2 Å². The molecule has 2 rings (SSSR count). The molecule has 116 valence electrons. The molecule has 22 heavy (non-hydrogen) atoms. The maximum atomic E-state index is 11.8. The minimum Gasteiger partial charge on any atom is -0.443 e. The standard InChI is InChI=1S/C18H21NO3/c1-13-8-6-7-11-16(13)17(20)14(2)22-18(21)19-12-15-9-4-3-5-10-15/h3-11,14,17,20H,12H2,1-2H3,(H,19,21). The van der Waals surface area contributed by atoms with E-state index < -0.39 is 18.3 Å². The summed E-state index contributed by atoms with van der Waals surface area (Å²) in [7, 11) is 0. The number of nitrogens with one attached hydrogen (secondary N) is 1. The molecule has 1 amide bonds. The number of benzene rings is 2. The molecule has 0 heterocycles. The highest BCUT2D eigenvalue weighted by atomic mass is 16.6. The van der Waals surface area contributed by atoms with E-state index in [0.29, 0.717) is 6.54 Å². The van der Waals surface area contributed by atoms with E-state index in [-0.39, 0.29) is 0 Å². The molecule has 4 heteroatoms. The third kappa shape index (κ3) is 4.33. The maximum absolute atomic E-state index is 11.8. The van der Waals surface area contributed by atoms with E-state index in [1.54, 1.807) is 6.92 Å². The van der Waals surface area contributed by atoms with E-state index in [4.69, 9.17) is 4.74 Å². The summed E-state index contributed by atoms with van der Waals surface area (Å²) in [5.41, 5.74) is 2.73. The SMILES string of the molecule is Cc1ccccc1C(O)C(C)OC(=O)NCc1ccccc1. The van der Waals surface area contributed by atoms with Crippen LogP contribution in [0.15, 0.2) is 54.6 Å². The molecular weight excluding hydrogens is 278 g/mol. The lowest BCUT2D eigenvalue weighted by atomic mass is 10.0. The summed E-state index contributed by atoms with van der Waals surface area (Å²) >= 11 is 0. The Morgan fingerprint density at radius 2 is 1.77 bits per heavy atom. The first-order valence-corrected chi connectivity index (χ1v) is 7.30. The number of carbonyl (C=O) groups is 1. The van der Waals surface area contributed by atoms with Crippen molar-refractivity contribution in [2.45, 2.75) is 32.6 Å². The van der Waals surface area contributed by atoms with E-state index in [1.165, 1.54) is 0 Å². The Kier molecular flexibility index (Phi) is 5.55. The van der Waals surface area contributed by atoms with E-state index in [9.17, 15) is 9.90 Å². The van der Waals surface area contributed by atoms with Gasteiger partial charge in [-0.15, -0.1) is 0 Å². The van der Waals surface area contributed by atoms with Crippen molar-refractivity contribution in [2.75, 3.05) is 0 Å². The Morgan fingerprint density at radius 3 is 2.45 bits per heavy atom. The fraction of sp³-hybridized carbons (Fsp3) is 0.278. The second-order valence-electron chi connectivity index (χ2n) is 5.25. The van der Waals surface area contributed by atoms with Crippen LogP contribution < -0.4 is 5.32 Å². The van der Waals surface area contributed by atoms with E-state index in [1.807, 2.05) is 61.5 Å². The van der Waals surface area contributed by atoms with Crippen LogP contribution in [0, 0.1) is 6.92 Å². The largest absolute Gasteiger partial charge is 0.443 e. The van der Waals surface area contributed by atoms with Crippen LogP contribution in [0.3, 0.4) is 0 Å². The number of aryl methyl sites for hydroxylation is 1. The molecule has 2 unspecified atom stereocenters. The zero-order valence-corrected chi connectivity index (χ0v) is 12.8. The summed E-state index contributed by atoms with van der Waals surface area (Å²) in [6, 6.07) is 17.1. The van der Waals surface area contributed by atoms with Crippen molar-refractivity contribution in [3.63, 3.8) is 0 Å². The van der Waals surface area contributed by atoms with Gasteiger partial charge in [-0.1, -0.05) is 54.6 Å². The Hall–Kier alpha value is -2.33. The Balaban J connectivity index is 1.87. The predicted molar refractivity (Wildman–Crippen MR) is 85.4 cm³/mol. The average molecular weight is 299 g/mol. The number of alkyl carbamates (subject to hydrolysis) is 1. The smallest absolute Gasteiger partial charge is 0.407 e. The van der Waals surface area contributed by atoms with Gasteiger partial charge in [-0.25, -0.2) is 4.79 Å². The molecule has 0 aliphatic heterocycles. The Labute approximate surface area is 130 Å². The van der Waals surface area contributed by atoms with Gasteiger partial charge in [0.25, 0.3) is 0 Å². The molecule has 0 aromatic heterocycles. The fourth-order valence-corrected chi connectivity index (χ4v) is 2.22. The van der Waals surface area contributed by atoms with Crippen molar-refractivity contribution in [3.05, 3.63) is 71.3 Å². The van der Waals surface area contributed by atoms with Gasteiger partial charge in [-0.05, 0) is 30.5 Å². The van der Waals surface area contributed by atoms with Gasteiger partial charge in [0.1, 0.15) is 12.2 Å². The number of aliphatic hydroxyl groups excluding tert-OH is 1. The fourth-order valence-electron chi connectivity index (χ4n) is 2.22. The van der Waals surface area contributed by atoms with Crippen LogP contribution in [-0.4, -0.2) is 17.3 Å².